The lowest BCUT2D eigenvalue weighted by Gasteiger charge is -2.37. The van der Waals surface area contributed by atoms with Crippen LogP contribution in [0, 0.1) is 6.92 Å². The summed E-state index contributed by atoms with van der Waals surface area (Å²) >= 11 is 7.41. The van der Waals surface area contributed by atoms with Gasteiger partial charge < -0.3 is 62.4 Å². The van der Waals surface area contributed by atoms with Crippen LogP contribution in [0.2, 0.25) is 5.02 Å². The fourth-order valence-electron chi connectivity index (χ4n) is 13.4. The van der Waals surface area contributed by atoms with Crippen LogP contribution in [-0.4, -0.2) is 221 Å². The highest BCUT2D eigenvalue weighted by Crippen LogP contribution is 2.36. The molecule has 0 radical (unpaired) electrons. The number of thiophene rings is 1. The average molecular weight is 1460 g/mol. The molecule has 9 aromatic rings. The second-order valence-corrected chi connectivity index (χ2v) is 29.4. The van der Waals surface area contributed by atoms with E-state index < -0.39 is 27.3 Å². The molecule has 0 aliphatic carbocycles. The summed E-state index contributed by atoms with van der Waals surface area (Å²) in [5, 5.41) is 4.87. The number of amides is 3. The van der Waals surface area contributed by atoms with Crippen LogP contribution in [0.3, 0.4) is 0 Å². The number of ether oxygens (including phenoxy) is 2. The lowest BCUT2D eigenvalue weighted by Crippen LogP contribution is -2.49. The highest BCUT2D eigenvalue weighted by molar-refractivity contribution is 7.90. The molecule has 0 unspecified atom stereocenters. The SMILES string of the molecule is CCOC(=O)c1c(N2CCN(C(=O)c3ccc(Cl)cc3)CC2)c2cc(C)ccc2n(CCCN(C)C)c1=O.CCOC(=O)c1c(N2CCN(C(=O)c3cccs3)CC2)c2ccccc2n(CCCN(C)C)c1=O.Cn1c(=O)c(S(C)(=O)=O)c(N2CCN(C(=O)c3cccnc3)CC2)c2ccccc21. The third-order valence-corrected chi connectivity index (χ3v) is 20.7. The van der Waals surface area contributed by atoms with Crippen molar-refractivity contribution in [3.8, 4) is 0 Å². The summed E-state index contributed by atoms with van der Waals surface area (Å²) in [6.07, 6.45) is 5.75. The number of nitrogens with zero attached hydrogens (tertiary/aromatic N) is 12. The van der Waals surface area contributed by atoms with Gasteiger partial charge in [0.15, 0.2) is 14.7 Å². The molecule has 0 saturated carbocycles. The quantitative estimate of drug-likeness (QED) is 0.0689. The Kier molecular flexibility index (Phi) is 25.1. The van der Waals surface area contributed by atoms with Gasteiger partial charge in [-0.15, -0.1) is 11.3 Å². The number of halogens is 1. The Labute approximate surface area is 608 Å². The van der Waals surface area contributed by atoms with Gasteiger partial charge in [0.05, 0.1) is 57.3 Å². The number of carbonyl (C=O) groups excluding carboxylic acids is 5. The number of para-hydroxylation sites is 2. The van der Waals surface area contributed by atoms with E-state index in [4.69, 9.17) is 21.1 Å². The number of carbonyl (C=O) groups is 5. The van der Waals surface area contributed by atoms with Crippen molar-refractivity contribution in [2.24, 2.45) is 7.05 Å². The highest BCUT2D eigenvalue weighted by atomic mass is 35.5. The number of hydrogen-bond acceptors (Lipinski definition) is 19. The molecule has 27 heteroatoms. The van der Waals surface area contributed by atoms with Gasteiger partial charge in [0, 0.05) is 144 Å². The maximum atomic E-state index is 13.9. The van der Waals surface area contributed by atoms with Crippen molar-refractivity contribution in [2.75, 3.05) is 154 Å². The zero-order chi connectivity index (χ0) is 73.8. The molecule has 0 atom stereocenters. The molecule has 5 aromatic heterocycles. The molecule has 8 heterocycles. The topological polar surface area (TPSA) is 243 Å². The molecule has 4 aromatic carbocycles. The first-order chi connectivity index (χ1) is 49.4. The molecule has 0 spiro atoms. The van der Waals surface area contributed by atoms with Crippen molar-refractivity contribution in [2.45, 2.75) is 51.6 Å². The fraction of sp³-hybridized carbons (Fsp3) is 0.382. The third kappa shape index (κ3) is 17.3. The summed E-state index contributed by atoms with van der Waals surface area (Å²) < 4.78 is 40.6. The number of hydrogen-bond donors (Lipinski definition) is 0. The predicted octanol–water partition coefficient (Wildman–Crippen LogP) is 8.51. The number of fused-ring (bicyclic) bond motifs is 3. The van der Waals surface area contributed by atoms with Crippen LogP contribution in [-0.2, 0) is 39.4 Å². The van der Waals surface area contributed by atoms with Crippen molar-refractivity contribution < 1.29 is 41.9 Å². The van der Waals surface area contributed by atoms with Crippen LogP contribution in [0.1, 0.15) is 83.4 Å². The van der Waals surface area contributed by atoms with Gasteiger partial charge in [-0.25, -0.2) is 18.0 Å². The number of piperazine rings is 3. The first-order valence-electron chi connectivity index (χ1n) is 34.5. The van der Waals surface area contributed by atoms with Gasteiger partial charge >= 0.3 is 11.9 Å². The number of anilines is 3. The number of benzene rings is 4. The van der Waals surface area contributed by atoms with Gasteiger partial charge in [-0.05, 0) is 147 Å². The van der Waals surface area contributed by atoms with Gasteiger partial charge in [-0.1, -0.05) is 65.7 Å². The first kappa shape index (κ1) is 75.9. The summed E-state index contributed by atoms with van der Waals surface area (Å²) in [5.74, 6) is -1.37. The Hall–Kier alpha value is -9.73. The van der Waals surface area contributed by atoms with E-state index in [2.05, 4.69) is 19.7 Å². The Morgan fingerprint density at radius 2 is 1.00 bits per heavy atom. The normalized spacial score (nSPS) is 14.2. The van der Waals surface area contributed by atoms with E-state index in [0.29, 0.717) is 136 Å². The van der Waals surface area contributed by atoms with Gasteiger partial charge in [0.2, 0.25) is 0 Å². The van der Waals surface area contributed by atoms with Gasteiger partial charge in [0.25, 0.3) is 34.4 Å². The van der Waals surface area contributed by atoms with Crippen LogP contribution in [0.5, 0.6) is 0 Å². The van der Waals surface area contributed by atoms with Gasteiger partial charge in [-0.2, -0.15) is 0 Å². The number of rotatable bonds is 19. The molecule has 0 bridgehead atoms. The summed E-state index contributed by atoms with van der Waals surface area (Å²) in [7, 11) is 5.80. The number of pyridine rings is 4. The van der Waals surface area contributed by atoms with Crippen molar-refractivity contribution in [3.05, 3.63) is 202 Å². The van der Waals surface area contributed by atoms with E-state index in [-0.39, 0.29) is 58.1 Å². The van der Waals surface area contributed by atoms with Gasteiger partial charge in [-0.3, -0.25) is 33.8 Å². The number of sulfone groups is 1. The molecule has 0 N–H and O–H groups in total. The molecule has 12 rings (SSSR count). The van der Waals surface area contributed by atoms with Crippen LogP contribution < -0.4 is 31.4 Å². The highest BCUT2D eigenvalue weighted by Gasteiger charge is 2.35. The van der Waals surface area contributed by atoms with E-state index in [1.54, 1.807) is 88.5 Å². The molecule has 3 fully saturated rings. The third-order valence-electron chi connectivity index (χ3n) is 18.5. The van der Waals surface area contributed by atoms with E-state index >= 15 is 0 Å². The molecule has 3 aliphatic heterocycles. The van der Waals surface area contributed by atoms with Crippen LogP contribution in [0.4, 0.5) is 17.1 Å². The van der Waals surface area contributed by atoms with Crippen LogP contribution >= 0.6 is 22.9 Å². The summed E-state index contributed by atoms with van der Waals surface area (Å²) in [6, 6.07) is 35.0. The van der Waals surface area contributed by atoms with E-state index in [0.717, 1.165) is 64.4 Å². The lowest BCUT2D eigenvalue weighted by molar-refractivity contribution is 0.0514. The Morgan fingerprint density at radius 1 is 0.534 bits per heavy atom. The molecular weight excluding hydrogens is 1370 g/mol. The van der Waals surface area contributed by atoms with Crippen molar-refractivity contribution in [1.82, 2.24) is 43.2 Å². The zero-order valence-electron chi connectivity index (χ0n) is 59.8. The van der Waals surface area contributed by atoms with E-state index in [9.17, 15) is 46.8 Å². The maximum Gasteiger partial charge on any atom is 0.345 e. The number of esters is 2. The molecule has 3 amide bonds. The maximum absolute atomic E-state index is 13.9. The summed E-state index contributed by atoms with van der Waals surface area (Å²) in [5.41, 5.74) is 4.94. The van der Waals surface area contributed by atoms with Crippen molar-refractivity contribution in [1.29, 1.82) is 0 Å². The molecule has 544 valence electrons. The second-order valence-electron chi connectivity index (χ2n) is 26.0. The average Bonchev–Trinajstić information content (AvgIpc) is 0.800. The smallest absolute Gasteiger partial charge is 0.345 e. The second kappa shape index (κ2) is 34.0. The Morgan fingerprint density at radius 3 is 1.48 bits per heavy atom. The van der Waals surface area contributed by atoms with Gasteiger partial charge in [0.1, 0.15) is 11.1 Å². The molecule has 24 nitrogen and oxygen atoms in total. The summed E-state index contributed by atoms with van der Waals surface area (Å²) in [6.45, 7) is 14.1. The standard InChI is InChI=1S/C29H35ClN4O4.C26H32N4O4S.C21H22N4O4S/c1-5-38-29(37)25-26(32-15-17-33(18-16-32)27(35)21-8-10-22(30)11-9-21)23-19-20(2)7-12-24(23)34(28(25)36)14-6-13-31(3)4;1-4-34-26(33)22-23(28-14-16-29(17-15-28)24(31)21-11-7-18-35-21)19-9-5-6-10-20(19)30(25(22)32)13-8-12-27(2)3;1-23-17-8-4-3-7-16(17)18(19(21(23)27)30(2,28)29)24-10-12-25(13-11-24)20(26)15-6-5-9-22-14-15/h7-12,19H,5-6,13-18H2,1-4H3;5-7,9-11,18H,4,8,12-17H2,1-3H3;3-9,14H,10-13H2,1-2H3. The van der Waals surface area contributed by atoms with Crippen LogP contribution in [0.25, 0.3) is 32.7 Å². The number of aromatic nitrogens is 4. The lowest BCUT2D eigenvalue weighted by atomic mass is 10.0. The van der Waals surface area contributed by atoms with Crippen molar-refractivity contribution in [3.63, 3.8) is 0 Å². The molecule has 3 aliphatic rings. The fourth-order valence-corrected chi connectivity index (χ4v) is 15.3. The Balaban J connectivity index is 0.000000167. The number of aryl methyl sites for hydroxylation is 4. The van der Waals surface area contributed by atoms with E-state index in [1.807, 2.05) is 128 Å². The monoisotopic (exact) mass is 1460 g/mol. The predicted molar refractivity (Wildman–Crippen MR) is 406 cm³/mol. The largest absolute Gasteiger partial charge is 0.462 e. The minimum atomic E-state index is -3.76. The van der Waals surface area contributed by atoms with Crippen LogP contribution in [0.15, 0.2) is 152 Å². The zero-order valence-corrected chi connectivity index (χ0v) is 62.2. The summed E-state index contributed by atoms with van der Waals surface area (Å²) in [4.78, 5) is 125. The minimum absolute atomic E-state index is 0.0198. The minimum Gasteiger partial charge on any atom is -0.462 e. The first-order valence-corrected chi connectivity index (χ1v) is 37.7. The Bertz CT molecular complexity index is 4870. The van der Waals surface area contributed by atoms with Crippen molar-refractivity contribution >= 4 is 112 Å². The van der Waals surface area contributed by atoms with E-state index in [1.165, 1.54) is 22.1 Å². The molecule has 3 saturated heterocycles. The molecule has 103 heavy (non-hydrogen) atoms. The molecular formula is C76H89ClN12O12S2.